The minimum Gasteiger partial charge on any atom is -0.384 e. The number of aryl methyl sites for hydroxylation is 1. The fourth-order valence-corrected chi connectivity index (χ4v) is 7.84. The molecular formula is C31H24N6O3S. The zero-order chi connectivity index (χ0) is 28.2. The van der Waals surface area contributed by atoms with Crippen LogP contribution in [0, 0.1) is 18.3 Å². The number of likely N-dealkylation sites (tertiary alicyclic amines) is 1. The van der Waals surface area contributed by atoms with Crippen LogP contribution in [0.4, 0.5) is 5.69 Å². The largest absolute Gasteiger partial charge is 0.384 e. The molecule has 0 radical (unpaired) electrons. The van der Waals surface area contributed by atoms with Gasteiger partial charge in [0.15, 0.2) is 5.78 Å². The molecule has 0 bridgehead atoms. The lowest BCUT2D eigenvalue weighted by atomic mass is 9.88. The summed E-state index contributed by atoms with van der Waals surface area (Å²) in [6.45, 7) is 2.62. The minimum absolute atomic E-state index is 0.0263. The SMILES string of the molecule is Cc1cc2c(s1)C13CC1CN(C(=O)c1cc4cc(NC(=O)c5cc6cc(C(=N)N)ccc6[nH]5)ccc4[nH]1)C3=CC2=O. The third kappa shape index (κ3) is 3.40. The Morgan fingerprint density at radius 3 is 2.59 bits per heavy atom. The topological polar surface area (TPSA) is 148 Å². The lowest BCUT2D eigenvalue weighted by molar-refractivity contribution is 0.0806. The monoisotopic (exact) mass is 560 g/mol. The summed E-state index contributed by atoms with van der Waals surface area (Å²) in [4.78, 5) is 49.9. The highest BCUT2D eigenvalue weighted by molar-refractivity contribution is 7.12. The number of amides is 2. The number of carbonyl (C=O) groups is 3. The molecule has 3 aliphatic rings. The summed E-state index contributed by atoms with van der Waals surface area (Å²) in [5.41, 5.74) is 10.6. The van der Waals surface area contributed by atoms with Crippen LogP contribution in [0.25, 0.3) is 21.8 Å². The highest BCUT2D eigenvalue weighted by atomic mass is 32.1. The number of ketones is 1. The molecule has 202 valence electrons. The molecule has 2 aliphatic carbocycles. The minimum atomic E-state index is -0.310. The zero-order valence-electron chi connectivity index (χ0n) is 21.9. The maximum absolute atomic E-state index is 13.7. The molecule has 2 atom stereocenters. The number of nitrogen functional groups attached to an aromatic ring is 1. The summed E-state index contributed by atoms with van der Waals surface area (Å²) in [5, 5.41) is 12.1. The van der Waals surface area contributed by atoms with Crippen molar-refractivity contribution in [3.63, 3.8) is 0 Å². The van der Waals surface area contributed by atoms with Gasteiger partial charge in [0.1, 0.15) is 17.2 Å². The number of aromatic amines is 2. The normalized spacial score (nSPS) is 20.5. The number of carbonyl (C=O) groups excluding carboxylic acids is 3. The maximum Gasteiger partial charge on any atom is 0.274 e. The van der Waals surface area contributed by atoms with Gasteiger partial charge in [0.2, 0.25) is 0 Å². The lowest BCUT2D eigenvalue weighted by Crippen LogP contribution is -2.33. The Kier molecular flexibility index (Phi) is 4.69. The summed E-state index contributed by atoms with van der Waals surface area (Å²) < 4.78 is 0. The first-order chi connectivity index (χ1) is 19.7. The van der Waals surface area contributed by atoms with Gasteiger partial charge in [0.05, 0.1) is 5.41 Å². The molecule has 4 heterocycles. The van der Waals surface area contributed by atoms with Crippen LogP contribution in [0.1, 0.15) is 53.1 Å². The van der Waals surface area contributed by atoms with Gasteiger partial charge in [0, 0.05) is 66.7 Å². The van der Waals surface area contributed by atoms with Gasteiger partial charge in [-0.15, -0.1) is 11.3 Å². The number of nitrogens with two attached hydrogens (primary N) is 1. The highest BCUT2D eigenvalue weighted by Crippen LogP contribution is 2.68. The van der Waals surface area contributed by atoms with Crippen LogP contribution in [0.5, 0.6) is 0 Å². The number of allylic oxidation sites excluding steroid dienone is 2. The van der Waals surface area contributed by atoms with E-state index < -0.39 is 0 Å². The van der Waals surface area contributed by atoms with Crippen LogP contribution in [-0.2, 0) is 5.41 Å². The van der Waals surface area contributed by atoms with Crippen molar-refractivity contribution in [1.82, 2.24) is 14.9 Å². The van der Waals surface area contributed by atoms with Crippen molar-refractivity contribution in [3.8, 4) is 0 Å². The van der Waals surface area contributed by atoms with E-state index in [4.69, 9.17) is 11.1 Å². The molecule has 41 heavy (non-hydrogen) atoms. The molecule has 2 fully saturated rings. The van der Waals surface area contributed by atoms with E-state index in [1.54, 1.807) is 58.7 Å². The molecule has 2 amide bonds. The van der Waals surface area contributed by atoms with Gasteiger partial charge in [-0.2, -0.15) is 0 Å². The summed E-state index contributed by atoms with van der Waals surface area (Å²) in [7, 11) is 0. The highest BCUT2D eigenvalue weighted by Gasteiger charge is 2.68. The smallest absolute Gasteiger partial charge is 0.274 e. The van der Waals surface area contributed by atoms with Gasteiger partial charge in [-0.05, 0) is 73.9 Å². The molecule has 10 heteroatoms. The molecule has 3 aromatic heterocycles. The van der Waals surface area contributed by atoms with Crippen molar-refractivity contribution in [2.45, 2.75) is 18.8 Å². The average Bonchev–Trinajstić information content (AvgIpc) is 3.39. The summed E-state index contributed by atoms with van der Waals surface area (Å²) in [5.74, 6) is -0.185. The van der Waals surface area contributed by atoms with Gasteiger partial charge >= 0.3 is 0 Å². The van der Waals surface area contributed by atoms with Crippen molar-refractivity contribution >= 4 is 62.3 Å². The number of aromatic nitrogens is 2. The average molecular weight is 561 g/mol. The number of benzene rings is 2. The number of amidine groups is 1. The number of thiophene rings is 1. The fraction of sp³-hybridized carbons (Fsp3) is 0.161. The Balaban J connectivity index is 1.04. The summed E-state index contributed by atoms with van der Waals surface area (Å²) in [6.07, 6.45) is 2.65. The Bertz CT molecular complexity index is 2060. The Labute approximate surface area is 237 Å². The predicted molar refractivity (Wildman–Crippen MR) is 158 cm³/mol. The molecule has 1 saturated heterocycles. The molecule has 9 nitrogen and oxygen atoms in total. The second kappa shape index (κ2) is 8.05. The number of anilines is 1. The first kappa shape index (κ1) is 23.9. The van der Waals surface area contributed by atoms with Gasteiger partial charge < -0.3 is 25.9 Å². The van der Waals surface area contributed by atoms with Crippen molar-refractivity contribution in [1.29, 1.82) is 5.41 Å². The molecule has 1 spiro atoms. The van der Waals surface area contributed by atoms with Crippen molar-refractivity contribution in [2.24, 2.45) is 11.7 Å². The quantitative estimate of drug-likeness (QED) is 0.155. The van der Waals surface area contributed by atoms with Gasteiger partial charge in [-0.1, -0.05) is 0 Å². The number of piperidine rings is 1. The summed E-state index contributed by atoms with van der Waals surface area (Å²) >= 11 is 1.67. The fourth-order valence-electron chi connectivity index (χ4n) is 6.54. The van der Waals surface area contributed by atoms with Crippen molar-refractivity contribution in [3.05, 3.63) is 98.6 Å². The van der Waals surface area contributed by atoms with E-state index >= 15 is 0 Å². The van der Waals surface area contributed by atoms with Gasteiger partial charge in [-0.3, -0.25) is 19.8 Å². The Morgan fingerprint density at radius 2 is 1.78 bits per heavy atom. The van der Waals surface area contributed by atoms with Crippen LogP contribution in [-0.4, -0.2) is 44.8 Å². The molecular weight excluding hydrogens is 536 g/mol. The van der Waals surface area contributed by atoms with E-state index in [-0.39, 0.29) is 28.8 Å². The van der Waals surface area contributed by atoms with Gasteiger partial charge in [-0.25, -0.2) is 0 Å². The Morgan fingerprint density at radius 1 is 1.05 bits per heavy atom. The number of nitrogens with zero attached hydrogens (tertiary/aromatic N) is 1. The van der Waals surface area contributed by atoms with E-state index in [2.05, 4.69) is 15.3 Å². The first-order valence-electron chi connectivity index (χ1n) is 13.3. The lowest BCUT2D eigenvalue weighted by Gasteiger charge is -2.27. The third-order valence-corrected chi connectivity index (χ3v) is 9.81. The Hall–Kier alpha value is -4.96. The van der Waals surface area contributed by atoms with Gasteiger partial charge in [0.25, 0.3) is 11.8 Å². The zero-order valence-corrected chi connectivity index (χ0v) is 22.7. The van der Waals surface area contributed by atoms with E-state index in [1.807, 2.05) is 25.1 Å². The number of rotatable bonds is 4. The molecule has 8 rings (SSSR count). The number of H-pyrrole nitrogens is 2. The van der Waals surface area contributed by atoms with E-state index in [1.165, 1.54) is 0 Å². The molecule has 6 N–H and O–H groups in total. The van der Waals surface area contributed by atoms with E-state index in [0.29, 0.717) is 35.1 Å². The van der Waals surface area contributed by atoms with Crippen LogP contribution in [0.3, 0.4) is 0 Å². The molecule has 2 unspecified atom stereocenters. The standard InChI is InChI=1S/C31H24N6O3S/c1-14-6-20-25(38)11-26-31(27(20)41-14)12-18(31)13-37(26)30(40)24-10-17-8-19(3-5-22(17)36-24)34-29(39)23-9-16-7-15(28(32)33)2-4-21(16)35-23/h2-11,18,35-36H,12-13H2,1H3,(H3,32,33)(H,34,39). The second-order valence-corrected chi connectivity index (χ2v) is 12.4. The first-order valence-corrected chi connectivity index (χ1v) is 14.1. The van der Waals surface area contributed by atoms with E-state index in [0.717, 1.165) is 49.2 Å². The number of hydrogen-bond acceptors (Lipinski definition) is 5. The predicted octanol–water partition coefficient (Wildman–Crippen LogP) is 5.05. The second-order valence-electron chi connectivity index (χ2n) is 11.1. The maximum atomic E-state index is 13.7. The van der Waals surface area contributed by atoms with E-state index in [9.17, 15) is 14.4 Å². The number of hydrogen-bond donors (Lipinski definition) is 5. The summed E-state index contributed by atoms with van der Waals surface area (Å²) in [6, 6.07) is 16.2. The molecule has 1 saturated carbocycles. The van der Waals surface area contributed by atoms with Crippen molar-refractivity contribution in [2.75, 3.05) is 11.9 Å². The number of fused-ring (bicyclic) bond motifs is 3. The molecule has 5 aromatic rings. The van der Waals surface area contributed by atoms with Crippen LogP contribution in [0.15, 0.2) is 66.4 Å². The van der Waals surface area contributed by atoms with Crippen LogP contribution < -0.4 is 11.1 Å². The molecule has 2 aromatic carbocycles. The van der Waals surface area contributed by atoms with Crippen molar-refractivity contribution < 1.29 is 14.4 Å². The third-order valence-electron chi connectivity index (χ3n) is 8.58. The number of nitrogens with one attached hydrogen (secondary N) is 4. The van der Waals surface area contributed by atoms with Crippen LogP contribution >= 0.6 is 11.3 Å². The van der Waals surface area contributed by atoms with Crippen LogP contribution in [0.2, 0.25) is 0 Å². The molecule has 1 aliphatic heterocycles.